The molecule has 0 fully saturated rings. The average Bonchev–Trinajstić information content (AvgIpc) is 2.77. The van der Waals surface area contributed by atoms with Gasteiger partial charge in [-0.2, -0.15) is 0 Å². The van der Waals surface area contributed by atoms with Crippen LogP contribution in [-0.4, -0.2) is 57.5 Å². The maximum absolute atomic E-state index is 12.3. The fourth-order valence-electron chi connectivity index (χ4n) is 2.51. The summed E-state index contributed by atoms with van der Waals surface area (Å²) in [6, 6.07) is 13.5. The van der Waals surface area contributed by atoms with Gasteiger partial charge in [0.15, 0.2) is 5.11 Å². The van der Waals surface area contributed by atoms with Gasteiger partial charge in [-0.25, -0.2) is 0 Å². The molecular weight excluding hydrogens is 418 g/mol. The summed E-state index contributed by atoms with van der Waals surface area (Å²) in [6.45, 7) is 2.06. The highest BCUT2D eigenvalue weighted by Gasteiger charge is 2.09. The van der Waals surface area contributed by atoms with Crippen LogP contribution in [0.4, 0.5) is 5.69 Å². The number of thiocarbonyl (C=S) groups is 1. The monoisotopic (exact) mass is 445 g/mol. The molecule has 0 saturated carbocycles. The highest BCUT2D eigenvalue weighted by molar-refractivity contribution is 7.80. The van der Waals surface area contributed by atoms with Crippen LogP contribution in [0.3, 0.4) is 0 Å². The van der Waals surface area contributed by atoms with Crippen molar-refractivity contribution in [1.29, 1.82) is 0 Å². The Kier molecular flexibility index (Phi) is 10.4. The fraction of sp³-hybridized carbons (Fsp3) is 0.318. The first-order valence-electron chi connectivity index (χ1n) is 9.75. The lowest BCUT2D eigenvalue weighted by molar-refractivity contribution is 0.0946. The predicted octanol–water partition coefficient (Wildman–Crippen LogP) is 2.60. The summed E-state index contributed by atoms with van der Waals surface area (Å²) < 4.78 is 15.3. The molecule has 0 aromatic heterocycles. The van der Waals surface area contributed by atoms with Crippen molar-refractivity contribution in [2.24, 2.45) is 0 Å². The Bertz CT molecular complexity index is 856. The summed E-state index contributed by atoms with van der Waals surface area (Å²) in [4.78, 5) is 24.4. The molecule has 2 rings (SSSR count). The predicted molar refractivity (Wildman–Crippen MR) is 123 cm³/mol. The third kappa shape index (κ3) is 8.71. The molecule has 2 amide bonds. The molecular formula is C22H27N3O5S. The maximum Gasteiger partial charge on any atom is 0.257 e. The Morgan fingerprint density at radius 2 is 1.45 bits per heavy atom. The summed E-state index contributed by atoms with van der Waals surface area (Å²) in [5.41, 5.74) is 1.64. The number of hydrogen-bond acceptors (Lipinski definition) is 6. The van der Waals surface area contributed by atoms with Gasteiger partial charge >= 0.3 is 0 Å². The number of nitrogens with one attached hydrogen (secondary N) is 3. The highest BCUT2D eigenvalue weighted by atomic mass is 32.1. The van der Waals surface area contributed by atoms with Crippen LogP contribution in [0, 0.1) is 0 Å². The SMILES string of the molecule is COCCCNC(=O)c1ccc(NC(=S)NC(=O)c2ccc(OCCOC)cc2)cc1. The molecule has 0 radical (unpaired) electrons. The Morgan fingerprint density at radius 3 is 2.10 bits per heavy atom. The van der Waals surface area contributed by atoms with Crippen molar-refractivity contribution in [1.82, 2.24) is 10.6 Å². The minimum Gasteiger partial charge on any atom is -0.491 e. The molecule has 0 spiro atoms. The van der Waals surface area contributed by atoms with E-state index < -0.39 is 0 Å². The molecule has 0 aliphatic rings. The first-order chi connectivity index (χ1) is 15.0. The second kappa shape index (κ2) is 13.3. The standard InChI is InChI=1S/C22H27N3O5S/c1-28-13-3-12-23-20(26)16-4-8-18(9-5-16)24-22(31)25-21(27)17-6-10-19(11-7-17)30-15-14-29-2/h4-11H,3,12-15H2,1-2H3,(H,23,26)(H2,24,25,27,31). The van der Waals surface area contributed by atoms with Crippen LogP contribution in [0.1, 0.15) is 27.1 Å². The normalized spacial score (nSPS) is 10.3. The minimum atomic E-state index is -0.340. The molecule has 8 nitrogen and oxygen atoms in total. The van der Waals surface area contributed by atoms with E-state index in [9.17, 15) is 9.59 Å². The largest absolute Gasteiger partial charge is 0.491 e. The van der Waals surface area contributed by atoms with Crippen molar-refractivity contribution < 1.29 is 23.8 Å². The Balaban J connectivity index is 1.81. The second-order valence-corrected chi connectivity index (χ2v) is 6.86. The van der Waals surface area contributed by atoms with Gasteiger partial charge in [0.25, 0.3) is 11.8 Å². The summed E-state index contributed by atoms with van der Waals surface area (Å²) in [5.74, 6) is 0.151. The number of hydrogen-bond donors (Lipinski definition) is 3. The quantitative estimate of drug-likeness (QED) is 0.361. The van der Waals surface area contributed by atoms with Crippen molar-refractivity contribution in [3.63, 3.8) is 0 Å². The number of benzene rings is 2. The van der Waals surface area contributed by atoms with Gasteiger partial charge in [0, 0.05) is 44.2 Å². The summed E-state index contributed by atoms with van der Waals surface area (Å²) >= 11 is 5.20. The average molecular weight is 446 g/mol. The van der Waals surface area contributed by atoms with Crippen LogP contribution in [0.5, 0.6) is 5.75 Å². The molecule has 0 atom stereocenters. The lowest BCUT2D eigenvalue weighted by atomic mass is 10.2. The topological polar surface area (TPSA) is 97.9 Å². The Labute approximate surface area is 187 Å². The van der Waals surface area contributed by atoms with Crippen molar-refractivity contribution in [3.8, 4) is 5.75 Å². The fourth-order valence-corrected chi connectivity index (χ4v) is 2.72. The van der Waals surface area contributed by atoms with Crippen LogP contribution in [0.25, 0.3) is 0 Å². The first-order valence-corrected chi connectivity index (χ1v) is 10.2. The van der Waals surface area contributed by atoms with Crippen molar-refractivity contribution in [2.45, 2.75) is 6.42 Å². The zero-order chi connectivity index (χ0) is 22.5. The van der Waals surface area contributed by atoms with Gasteiger partial charge in [0.1, 0.15) is 12.4 Å². The molecule has 2 aromatic carbocycles. The Morgan fingerprint density at radius 1 is 0.839 bits per heavy atom. The van der Waals surface area contributed by atoms with Crippen LogP contribution in [-0.2, 0) is 9.47 Å². The minimum absolute atomic E-state index is 0.155. The van der Waals surface area contributed by atoms with E-state index in [4.69, 9.17) is 26.4 Å². The number of amides is 2. The van der Waals surface area contributed by atoms with Crippen LogP contribution in [0.15, 0.2) is 48.5 Å². The van der Waals surface area contributed by atoms with Gasteiger partial charge in [-0.15, -0.1) is 0 Å². The molecule has 0 aliphatic carbocycles. The molecule has 0 heterocycles. The third-order valence-corrected chi connectivity index (χ3v) is 4.32. The molecule has 0 bridgehead atoms. The second-order valence-electron chi connectivity index (χ2n) is 6.45. The smallest absolute Gasteiger partial charge is 0.257 e. The summed E-state index contributed by atoms with van der Waals surface area (Å²) in [7, 11) is 3.22. The number of ether oxygens (including phenoxy) is 3. The van der Waals surface area contributed by atoms with E-state index in [0.29, 0.717) is 48.9 Å². The van der Waals surface area contributed by atoms with E-state index in [0.717, 1.165) is 6.42 Å². The molecule has 3 N–H and O–H groups in total. The van der Waals surface area contributed by atoms with E-state index in [1.165, 1.54) is 0 Å². The molecule has 9 heteroatoms. The van der Waals surface area contributed by atoms with Gasteiger partial charge in [0.2, 0.25) is 0 Å². The summed E-state index contributed by atoms with van der Waals surface area (Å²) in [5, 5.41) is 8.52. The number of methoxy groups -OCH3 is 2. The van der Waals surface area contributed by atoms with Gasteiger partial charge in [-0.1, -0.05) is 0 Å². The molecule has 0 unspecified atom stereocenters. The first kappa shape index (κ1) is 24.3. The van der Waals surface area contributed by atoms with Crippen molar-refractivity contribution in [3.05, 3.63) is 59.7 Å². The van der Waals surface area contributed by atoms with Crippen LogP contribution in [0.2, 0.25) is 0 Å². The zero-order valence-corrected chi connectivity index (χ0v) is 18.4. The van der Waals surface area contributed by atoms with E-state index in [1.54, 1.807) is 62.8 Å². The molecule has 0 saturated heterocycles. The maximum atomic E-state index is 12.3. The zero-order valence-electron chi connectivity index (χ0n) is 17.6. The molecule has 31 heavy (non-hydrogen) atoms. The van der Waals surface area contributed by atoms with E-state index in [2.05, 4.69) is 16.0 Å². The highest BCUT2D eigenvalue weighted by Crippen LogP contribution is 2.13. The molecule has 2 aromatic rings. The number of carbonyl (C=O) groups is 2. The lowest BCUT2D eigenvalue weighted by Crippen LogP contribution is -2.34. The van der Waals surface area contributed by atoms with E-state index in [-0.39, 0.29) is 16.9 Å². The van der Waals surface area contributed by atoms with Crippen LogP contribution < -0.4 is 20.7 Å². The van der Waals surface area contributed by atoms with Gasteiger partial charge in [-0.3, -0.25) is 14.9 Å². The number of anilines is 1. The molecule has 166 valence electrons. The summed E-state index contributed by atoms with van der Waals surface area (Å²) in [6.07, 6.45) is 0.749. The van der Waals surface area contributed by atoms with Crippen molar-refractivity contribution >= 4 is 34.8 Å². The number of rotatable bonds is 11. The van der Waals surface area contributed by atoms with E-state index in [1.807, 2.05) is 0 Å². The van der Waals surface area contributed by atoms with Crippen molar-refractivity contribution in [2.75, 3.05) is 45.9 Å². The molecule has 0 aliphatic heterocycles. The number of carbonyl (C=O) groups excluding carboxylic acids is 2. The van der Waals surface area contributed by atoms with Gasteiger partial charge in [-0.05, 0) is 67.2 Å². The van der Waals surface area contributed by atoms with Gasteiger partial charge < -0.3 is 24.8 Å². The third-order valence-electron chi connectivity index (χ3n) is 4.12. The Hall–Kier alpha value is -3.01. The lowest BCUT2D eigenvalue weighted by Gasteiger charge is -2.11. The van der Waals surface area contributed by atoms with Crippen LogP contribution >= 0.6 is 12.2 Å². The van der Waals surface area contributed by atoms with Gasteiger partial charge in [0.05, 0.1) is 6.61 Å². The van der Waals surface area contributed by atoms with E-state index >= 15 is 0 Å².